The summed E-state index contributed by atoms with van der Waals surface area (Å²) in [6, 6.07) is 2.75. The lowest BCUT2D eigenvalue weighted by atomic mass is 10.2. The molecule has 1 aromatic heterocycles. The summed E-state index contributed by atoms with van der Waals surface area (Å²) < 4.78 is 0. The number of rotatable bonds is 3. The van der Waals surface area contributed by atoms with E-state index < -0.39 is 4.92 Å². The Balaban J connectivity index is 2.27. The molecule has 1 heterocycles. The highest BCUT2D eigenvalue weighted by molar-refractivity contribution is 7.18. The molecule has 19 heavy (non-hydrogen) atoms. The van der Waals surface area contributed by atoms with Crippen LogP contribution < -0.4 is 0 Å². The van der Waals surface area contributed by atoms with Gasteiger partial charge >= 0.3 is 5.00 Å². The largest absolute Gasteiger partial charge is 0.508 e. The quantitative estimate of drug-likeness (QED) is 0.508. The van der Waals surface area contributed by atoms with Gasteiger partial charge in [-0.1, -0.05) is 0 Å². The Kier molecular flexibility index (Phi) is 3.38. The van der Waals surface area contributed by atoms with Crippen LogP contribution in [0.5, 0.6) is 11.5 Å². The average molecular weight is 280 g/mol. The van der Waals surface area contributed by atoms with Crippen LogP contribution in [-0.4, -0.2) is 20.1 Å². The lowest BCUT2D eigenvalue weighted by molar-refractivity contribution is -0.380. The van der Waals surface area contributed by atoms with Gasteiger partial charge in [0.25, 0.3) is 0 Å². The molecule has 0 bridgehead atoms. The van der Waals surface area contributed by atoms with Crippen molar-refractivity contribution in [3.8, 4) is 11.5 Å². The molecule has 8 nitrogen and oxygen atoms in total. The van der Waals surface area contributed by atoms with Gasteiger partial charge in [0.2, 0.25) is 5.13 Å². The molecule has 2 aromatic rings. The van der Waals surface area contributed by atoms with Crippen LogP contribution in [0.2, 0.25) is 0 Å². The lowest BCUT2D eigenvalue weighted by Crippen LogP contribution is -1.80. The molecule has 0 aliphatic rings. The zero-order chi connectivity index (χ0) is 14.0. The molecule has 0 saturated heterocycles. The zero-order valence-electron chi connectivity index (χ0n) is 9.64. The number of phenolic OH excluding ortho intramolecular Hbond substituents is 2. The van der Waals surface area contributed by atoms with E-state index in [2.05, 4.69) is 15.2 Å². The molecule has 0 fully saturated rings. The number of benzene rings is 1. The SMILES string of the molecule is Cc1c(O)ccc(N=Nc2ncc([N+](=O)[O-])s2)c1O. The number of nitrogens with zero attached hydrogens (tertiary/aromatic N) is 4. The predicted octanol–water partition coefficient (Wildman–Crippen LogP) is 3.19. The first-order valence-corrected chi connectivity index (χ1v) is 5.84. The monoisotopic (exact) mass is 280 g/mol. The van der Waals surface area contributed by atoms with E-state index in [1.165, 1.54) is 19.1 Å². The van der Waals surface area contributed by atoms with E-state index >= 15 is 0 Å². The Morgan fingerprint density at radius 2 is 2.11 bits per heavy atom. The fourth-order valence-electron chi connectivity index (χ4n) is 1.24. The highest BCUT2D eigenvalue weighted by Gasteiger charge is 2.11. The highest BCUT2D eigenvalue weighted by atomic mass is 32.1. The molecule has 0 spiro atoms. The van der Waals surface area contributed by atoms with E-state index in [1.807, 2.05) is 0 Å². The minimum absolute atomic E-state index is 0.0543. The maximum absolute atomic E-state index is 10.5. The Bertz CT molecular complexity index is 668. The van der Waals surface area contributed by atoms with Crippen molar-refractivity contribution in [2.24, 2.45) is 10.2 Å². The number of azo groups is 1. The van der Waals surface area contributed by atoms with Crippen LogP contribution in [0.25, 0.3) is 0 Å². The van der Waals surface area contributed by atoms with Crippen molar-refractivity contribution in [1.29, 1.82) is 0 Å². The summed E-state index contributed by atoms with van der Waals surface area (Å²) in [5.41, 5.74) is 0.426. The molecule has 98 valence electrons. The first kappa shape index (κ1) is 12.9. The van der Waals surface area contributed by atoms with Crippen LogP contribution in [0.15, 0.2) is 28.6 Å². The van der Waals surface area contributed by atoms with Crippen molar-refractivity contribution in [2.75, 3.05) is 0 Å². The standard InChI is InChI=1S/C10H8N4O4S/c1-5-7(15)3-2-6(9(5)16)12-13-10-11-4-8(19-10)14(17)18/h2-4,15-16H,1H3. The van der Waals surface area contributed by atoms with E-state index in [9.17, 15) is 20.3 Å². The maximum Gasteiger partial charge on any atom is 0.345 e. The second kappa shape index (κ2) is 4.98. The minimum Gasteiger partial charge on any atom is -0.508 e. The number of aromatic nitrogens is 1. The molecule has 0 aliphatic carbocycles. The van der Waals surface area contributed by atoms with E-state index in [-0.39, 0.29) is 32.9 Å². The van der Waals surface area contributed by atoms with Crippen LogP contribution in [0.1, 0.15) is 5.56 Å². The summed E-state index contributed by atoms with van der Waals surface area (Å²) in [5.74, 6) is -0.254. The number of phenols is 2. The van der Waals surface area contributed by atoms with Gasteiger partial charge in [0.05, 0.1) is 4.92 Å². The lowest BCUT2D eigenvalue weighted by Gasteiger charge is -2.03. The number of hydrogen-bond donors (Lipinski definition) is 2. The second-order valence-corrected chi connectivity index (χ2v) is 4.50. The number of hydrogen-bond acceptors (Lipinski definition) is 8. The molecule has 0 aliphatic heterocycles. The van der Waals surface area contributed by atoms with Gasteiger partial charge in [-0.3, -0.25) is 10.1 Å². The first-order chi connectivity index (χ1) is 8.99. The smallest absolute Gasteiger partial charge is 0.345 e. The molecule has 0 saturated carbocycles. The predicted molar refractivity (Wildman–Crippen MR) is 67.5 cm³/mol. The summed E-state index contributed by atoms with van der Waals surface area (Å²) in [6.07, 6.45) is 1.08. The van der Waals surface area contributed by atoms with Gasteiger partial charge in [0.1, 0.15) is 23.4 Å². The van der Waals surface area contributed by atoms with Crippen LogP contribution in [-0.2, 0) is 0 Å². The first-order valence-electron chi connectivity index (χ1n) is 5.02. The molecule has 0 unspecified atom stereocenters. The normalized spacial score (nSPS) is 11.0. The second-order valence-electron chi connectivity index (χ2n) is 3.52. The molecule has 1 aromatic carbocycles. The van der Waals surface area contributed by atoms with Gasteiger partial charge in [-0.2, -0.15) is 0 Å². The van der Waals surface area contributed by atoms with Gasteiger partial charge < -0.3 is 10.2 Å². The average Bonchev–Trinajstić information content (AvgIpc) is 2.84. The van der Waals surface area contributed by atoms with Crippen molar-refractivity contribution in [3.63, 3.8) is 0 Å². The Morgan fingerprint density at radius 1 is 1.37 bits per heavy atom. The molecule has 2 N–H and O–H groups in total. The van der Waals surface area contributed by atoms with Crippen molar-refractivity contribution in [2.45, 2.75) is 6.92 Å². The molecule has 9 heteroatoms. The van der Waals surface area contributed by atoms with Gasteiger partial charge in [0.15, 0.2) is 0 Å². The van der Waals surface area contributed by atoms with Crippen molar-refractivity contribution < 1.29 is 15.1 Å². The summed E-state index contributed by atoms with van der Waals surface area (Å²) in [4.78, 5) is 13.6. The minimum atomic E-state index is -0.571. The molecule has 0 amide bonds. The summed E-state index contributed by atoms with van der Waals surface area (Å²) in [7, 11) is 0. The van der Waals surface area contributed by atoms with Gasteiger partial charge in [0, 0.05) is 5.56 Å². The molecular weight excluding hydrogens is 272 g/mol. The van der Waals surface area contributed by atoms with Crippen LogP contribution in [0.3, 0.4) is 0 Å². The Morgan fingerprint density at radius 3 is 2.74 bits per heavy atom. The topological polar surface area (TPSA) is 121 Å². The summed E-state index contributed by atoms with van der Waals surface area (Å²) in [6.45, 7) is 1.53. The zero-order valence-corrected chi connectivity index (χ0v) is 10.5. The Labute approximate surface area is 110 Å². The van der Waals surface area contributed by atoms with Crippen molar-refractivity contribution >= 4 is 27.2 Å². The van der Waals surface area contributed by atoms with Crippen molar-refractivity contribution in [1.82, 2.24) is 4.98 Å². The molecule has 0 atom stereocenters. The maximum atomic E-state index is 10.5. The van der Waals surface area contributed by atoms with Crippen molar-refractivity contribution in [3.05, 3.63) is 34.0 Å². The number of nitro groups is 1. The van der Waals surface area contributed by atoms with E-state index in [0.717, 1.165) is 17.5 Å². The van der Waals surface area contributed by atoms with Crippen LogP contribution in [0, 0.1) is 17.0 Å². The Hall–Kier alpha value is -2.55. The fraction of sp³-hybridized carbons (Fsp3) is 0.100. The third kappa shape index (κ3) is 2.65. The van der Waals surface area contributed by atoms with E-state index in [1.54, 1.807) is 0 Å². The molecule has 0 radical (unpaired) electrons. The van der Waals surface area contributed by atoms with Crippen LogP contribution in [0.4, 0.5) is 15.8 Å². The third-order valence-corrected chi connectivity index (χ3v) is 3.12. The van der Waals surface area contributed by atoms with E-state index in [0.29, 0.717) is 0 Å². The highest BCUT2D eigenvalue weighted by Crippen LogP contribution is 2.36. The van der Waals surface area contributed by atoms with E-state index in [4.69, 9.17) is 0 Å². The third-order valence-electron chi connectivity index (χ3n) is 2.29. The van der Waals surface area contributed by atoms with Crippen LogP contribution >= 0.6 is 11.3 Å². The number of aromatic hydroxyl groups is 2. The fourth-order valence-corrected chi connectivity index (χ4v) is 1.79. The van der Waals surface area contributed by atoms with Gasteiger partial charge in [-0.15, -0.1) is 10.2 Å². The van der Waals surface area contributed by atoms with Gasteiger partial charge in [-0.25, -0.2) is 4.98 Å². The van der Waals surface area contributed by atoms with Gasteiger partial charge in [-0.05, 0) is 30.4 Å². The molecular formula is C10H8N4O4S. The summed E-state index contributed by atoms with van der Waals surface area (Å²) in [5, 5.41) is 36.9. The number of thiazole rings is 1. The molecule has 2 rings (SSSR count). The summed E-state index contributed by atoms with van der Waals surface area (Å²) >= 11 is 0.772.